The van der Waals surface area contributed by atoms with E-state index in [-0.39, 0.29) is 11.3 Å². The van der Waals surface area contributed by atoms with Gasteiger partial charge in [0, 0.05) is 5.56 Å². The SMILES string of the molecule is CCOc1ccc(-c2cc(C(=O)O)ccc2O)cc1. The quantitative estimate of drug-likeness (QED) is 0.884. The number of hydrogen-bond donors (Lipinski definition) is 2. The maximum Gasteiger partial charge on any atom is 0.335 e. The first-order valence-corrected chi connectivity index (χ1v) is 5.91. The molecular weight excluding hydrogens is 244 g/mol. The molecule has 0 aliphatic carbocycles. The highest BCUT2D eigenvalue weighted by molar-refractivity contribution is 5.90. The standard InChI is InChI=1S/C15H14O4/c1-2-19-12-6-3-10(4-7-12)13-9-11(15(17)18)5-8-14(13)16/h3-9,16H,2H2,1H3,(H,17,18). The van der Waals surface area contributed by atoms with Crippen LogP contribution in [0.1, 0.15) is 17.3 Å². The van der Waals surface area contributed by atoms with Gasteiger partial charge in [-0.2, -0.15) is 0 Å². The Morgan fingerprint density at radius 2 is 1.84 bits per heavy atom. The summed E-state index contributed by atoms with van der Waals surface area (Å²) in [4.78, 5) is 10.9. The van der Waals surface area contributed by atoms with Gasteiger partial charge in [0.05, 0.1) is 12.2 Å². The van der Waals surface area contributed by atoms with Crippen molar-refractivity contribution in [2.75, 3.05) is 6.61 Å². The summed E-state index contributed by atoms with van der Waals surface area (Å²) in [5.41, 5.74) is 1.37. The van der Waals surface area contributed by atoms with E-state index in [4.69, 9.17) is 9.84 Å². The van der Waals surface area contributed by atoms with Gasteiger partial charge in [-0.25, -0.2) is 4.79 Å². The molecule has 4 heteroatoms. The minimum atomic E-state index is -1.02. The Balaban J connectivity index is 2.40. The van der Waals surface area contributed by atoms with Crippen molar-refractivity contribution in [3.63, 3.8) is 0 Å². The molecule has 0 fully saturated rings. The Bertz CT molecular complexity index is 588. The van der Waals surface area contributed by atoms with Crippen LogP contribution in [0.3, 0.4) is 0 Å². The van der Waals surface area contributed by atoms with E-state index in [1.54, 1.807) is 24.3 Å². The van der Waals surface area contributed by atoms with Gasteiger partial charge >= 0.3 is 5.97 Å². The van der Waals surface area contributed by atoms with Gasteiger partial charge < -0.3 is 14.9 Å². The maximum atomic E-state index is 10.9. The first-order chi connectivity index (χ1) is 9.11. The number of phenols is 1. The zero-order valence-electron chi connectivity index (χ0n) is 10.5. The number of hydrogen-bond acceptors (Lipinski definition) is 3. The molecule has 2 aromatic rings. The van der Waals surface area contributed by atoms with Crippen LogP contribution in [0, 0.1) is 0 Å². The van der Waals surface area contributed by atoms with Crippen molar-refractivity contribution < 1.29 is 19.7 Å². The second-order valence-electron chi connectivity index (χ2n) is 3.99. The van der Waals surface area contributed by atoms with Crippen LogP contribution in [0.25, 0.3) is 11.1 Å². The van der Waals surface area contributed by atoms with Gasteiger partial charge in [-0.3, -0.25) is 0 Å². The van der Waals surface area contributed by atoms with Crippen molar-refractivity contribution in [2.45, 2.75) is 6.92 Å². The minimum absolute atomic E-state index is 0.0501. The highest BCUT2D eigenvalue weighted by Gasteiger charge is 2.09. The molecule has 2 rings (SSSR count). The topological polar surface area (TPSA) is 66.8 Å². The molecule has 0 aliphatic rings. The second-order valence-corrected chi connectivity index (χ2v) is 3.99. The van der Waals surface area contributed by atoms with Gasteiger partial charge in [0.25, 0.3) is 0 Å². The average Bonchev–Trinajstić information content (AvgIpc) is 2.40. The van der Waals surface area contributed by atoms with E-state index in [0.29, 0.717) is 12.2 Å². The zero-order chi connectivity index (χ0) is 13.8. The Hall–Kier alpha value is -2.49. The molecule has 0 saturated heterocycles. The van der Waals surface area contributed by atoms with Crippen LogP contribution in [0.2, 0.25) is 0 Å². The van der Waals surface area contributed by atoms with Crippen molar-refractivity contribution in [2.24, 2.45) is 0 Å². The van der Waals surface area contributed by atoms with Crippen LogP contribution in [-0.4, -0.2) is 22.8 Å². The average molecular weight is 258 g/mol. The van der Waals surface area contributed by atoms with Crippen LogP contribution in [0.5, 0.6) is 11.5 Å². The largest absolute Gasteiger partial charge is 0.507 e. The lowest BCUT2D eigenvalue weighted by Gasteiger charge is -2.08. The molecule has 0 aliphatic heterocycles. The van der Waals surface area contributed by atoms with Gasteiger partial charge in [0.15, 0.2) is 0 Å². The Labute approximate surface area is 110 Å². The van der Waals surface area contributed by atoms with Gasteiger partial charge in [-0.05, 0) is 42.8 Å². The van der Waals surface area contributed by atoms with E-state index in [2.05, 4.69) is 0 Å². The van der Waals surface area contributed by atoms with Crippen molar-refractivity contribution >= 4 is 5.97 Å². The molecule has 0 spiro atoms. The van der Waals surface area contributed by atoms with Gasteiger partial charge in [-0.1, -0.05) is 12.1 Å². The number of phenolic OH excluding ortho intramolecular Hbond substituents is 1. The summed E-state index contributed by atoms with van der Waals surface area (Å²) in [6, 6.07) is 11.3. The smallest absolute Gasteiger partial charge is 0.335 e. The predicted molar refractivity (Wildman–Crippen MR) is 71.7 cm³/mol. The van der Waals surface area contributed by atoms with Crippen LogP contribution in [0.4, 0.5) is 0 Å². The third-order valence-electron chi connectivity index (χ3n) is 2.72. The summed E-state index contributed by atoms with van der Waals surface area (Å²) >= 11 is 0. The number of carboxylic acids is 1. The number of ether oxygens (including phenoxy) is 1. The van der Waals surface area contributed by atoms with Crippen LogP contribution in [-0.2, 0) is 0 Å². The molecular formula is C15H14O4. The zero-order valence-corrected chi connectivity index (χ0v) is 10.5. The van der Waals surface area contributed by atoms with Gasteiger partial charge in [-0.15, -0.1) is 0 Å². The third-order valence-corrected chi connectivity index (χ3v) is 2.72. The van der Waals surface area contributed by atoms with E-state index in [1.807, 2.05) is 6.92 Å². The van der Waals surface area contributed by atoms with E-state index in [0.717, 1.165) is 11.3 Å². The van der Waals surface area contributed by atoms with Crippen molar-refractivity contribution in [3.05, 3.63) is 48.0 Å². The Morgan fingerprint density at radius 3 is 2.42 bits per heavy atom. The highest BCUT2D eigenvalue weighted by atomic mass is 16.5. The fraction of sp³-hybridized carbons (Fsp3) is 0.133. The minimum Gasteiger partial charge on any atom is -0.507 e. The fourth-order valence-corrected chi connectivity index (χ4v) is 1.80. The Kier molecular flexibility index (Phi) is 3.71. The number of carbonyl (C=O) groups is 1. The van der Waals surface area contributed by atoms with Crippen LogP contribution < -0.4 is 4.74 Å². The molecule has 98 valence electrons. The van der Waals surface area contributed by atoms with Crippen LogP contribution >= 0.6 is 0 Å². The van der Waals surface area contributed by atoms with Crippen LogP contribution in [0.15, 0.2) is 42.5 Å². The molecule has 2 N–H and O–H groups in total. The monoisotopic (exact) mass is 258 g/mol. The van der Waals surface area contributed by atoms with Crippen molar-refractivity contribution in [1.29, 1.82) is 0 Å². The molecule has 0 saturated carbocycles. The lowest BCUT2D eigenvalue weighted by Crippen LogP contribution is -1.96. The van der Waals surface area contributed by atoms with Crippen molar-refractivity contribution in [1.82, 2.24) is 0 Å². The van der Waals surface area contributed by atoms with Crippen molar-refractivity contribution in [3.8, 4) is 22.6 Å². The second kappa shape index (κ2) is 5.44. The molecule has 0 bridgehead atoms. The molecule has 0 amide bonds. The summed E-state index contributed by atoms with van der Waals surface area (Å²) < 4.78 is 5.33. The van der Waals surface area contributed by atoms with Gasteiger partial charge in [0.1, 0.15) is 11.5 Å². The Morgan fingerprint density at radius 1 is 1.16 bits per heavy atom. The summed E-state index contributed by atoms with van der Waals surface area (Å²) in [5, 5.41) is 18.8. The first-order valence-electron chi connectivity index (χ1n) is 5.91. The summed E-state index contributed by atoms with van der Waals surface area (Å²) in [5.74, 6) is -0.235. The molecule has 0 atom stereocenters. The number of aromatic carboxylic acids is 1. The van der Waals surface area contributed by atoms with E-state index < -0.39 is 5.97 Å². The predicted octanol–water partition coefficient (Wildman–Crippen LogP) is 3.16. The third kappa shape index (κ3) is 2.85. The summed E-state index contributed by atoms with van der Waals surface area (Å²) in [6.07, 6.45) is 0. The lowest BCUT2D eigenvalue weighted by molar-refractivity contribution is 0.0697. The van der Waals surface area contributed by atoms with Gasteiger partial charge in [0.2, 0.25) is 0 Å². The normalized spacial score (nSPS) is 10.2. The summed E-state index contributed by atoms with van der Waals surface area (Å²) in [6.45, 7) is 2.48. The molecule has 0 unspecified atom stereocenters. The molecule has 0 heterocycles. The number of carboxylic acid groups (broad SMARTS) is 1. The highest BCUT2D eigenvalue weighted by Crippen LogP contribution is 2.31. The van der Waals surface area contributed by atoms with E-state index in [1.165, 1.54) is 18.2 Å². The molecule has 4 nitrogen and oxygen atoms in total. The maximum absolute atomic E-state index is 10.9. The summed E-state index contributed by atoms with van der Waals surface area (Å²) in [7, 11) is 0. The molecule has 0 aromatic heterocycles. The van der Waals surface area contributed by atoms with E-state index >= 15 is 0 Å². The fourth-order valence-electron chi connectivity index (χ4n) is 1.80. The number of aromatic hydroxyl groups is 1. The lowest BCUT2D eigenvalue weighted by atomic mass is 10.0. The molecule has 2 aromatic carbocycles. The first kappa shape index (κ1) is 13.0. The van der Waals surface area contributed by atoms with E-state index in [9.17, 15) is 9.90 Å². The number of benzene rings is 2. The number of rotatable bonds is 4. The molecule has 19 heavy (non-hydrogen) atoms. The molecule has 0 radical (unpaired) electrons.